The number of hydrogen-bond donors (Lipinski definition) is 2. The highest BCUT2D eigenvalue weighted by Crippen LogP contribution is 2.25. The Kier molecular flexibility index (Phi) is 5.51. The molecule has 2 aromatic carbocycles. The van der Waals surface area contributed by atoms with Crippen LogP contribution in [0.15, 0.2) is 54.6 Å². The van der Waals surface area contributed by atoms with Crippen molar-refractivity contribution in [3.8, 4) is 11.5 Å². The van der Waals surface area contributed by atoms with Crippen LogP contribution in [0.5, 0.6) is 11.5 Å². The van der Waals surface area contributed by atoms with Gasteiger partial charge < -0.3 is 20.1 Å². The Morgan fingerprint density at radius 3 is 2.41 bits per heavy atom. The van der Waals surface area contributed by atoms with Crippen LogP contribution in [-0.4, -0.2) is 30.1 Å². The van der Waals surface area contributed by atoms with E-state index in [1.807, 2.05) is 24.3 Å². The van der Waals surface area contributed by atoms with E-state index in [9.17, 15) is 4.79 Å². The molecule has 0 saturated carbocycles. The molecule has 1 amide bonds. The van der Waals surface area contributed by atoms with Crippen LogP contribution >= 0.6 is 0 Å². The SMILES string of the molecule is COc1ccc(NC(=O)c2cc(C)nc(Nc3ccccc3OC)n2)cc1. The topological polar surface area (TPSA) is 85.4 Å². The fourth-order valence-corrected chi connectivity index (χ4v) is 2.48. The van der Waals surface area contributed by atoms with Gasteiger partial charge in [-0.1, -0.05) is 12.1 Å². The summed E-state index contributed by atoms with van der Waals surface area (Å²) < 4.78 is 10.4. The van der Waals surface area contributed by atoms with Crippen LogP contribution < -0.4 is 20.1 Å². The van der Waals surface area contributed by atoms with E-state index in [4.69, 9.17) is 9.47 Å². The van der Waals surface area contributed by atoms with Gasteiger partial charge >= 0.3 is 0 Å². The van der Waals surface area contributed by atoms with E-state index >= 15 is 0 Å². The third kappa shape index (κ3) is 4.52. The second kappa shape index (κ2) is 8.18. The van der Waals surface area contributed by atoms with Gasteiger partial charge in [0.2, 0.25) is 5.95 Å². The Labute approximate surface area is 157 Å². The largest absolute Gasteiger partial charge is 0.497 e. The molecule has 0 unspecified atom stereocenters. The fraction of sp³-hybridized carbons (Fsp3) is 0.150. The first kappa shape index (κ1) is 18.2. The van der Waals surface area contributed by atoms with Gasteiger partial charge in [0.05, 0.1) is 19.9 Å². The number of nitrogens with one attached hydrogen (secondary N) is 2. The standard InChI is InChI=1S/C20H20N4O3/c1-13-12-17(19(25)22-14-8-10-15(26-2)11-9-14)24-20(21-13)23-16-6-4-5-7-18(16)27-3/h4-12H,1-3H3,(H,22,25)(H,21,23,24). The zero-order chi connectivity index (χ0) is 19.2. The number of carbonyl (C=O) groups excluding carboxylic acids is 1. The molecular formula is C20H20N4O3. The summed E-state index contributed by atoms with van der Waals surface area (Å²) in [5, 5.41) is 5.91. The summed E-state index contributed by atoms with van der Waals surface area (Å²) in [6.45, 7) is 1.80. The van der Waals surface area contributed by atoms with Crippen LogP contribution in [0.3, 0.4) is 0 Å². The van der Waals surface area contributed by atoms with Crippen molar-refractivity contribution in [1.82, 2.24) is 9.97 Å². The summed E-state index contributed by atoms with van der Waals surface area (Å²) in [4.78, 5) is 21.2. The van der Waals surface area contributed by atoms with Gasteiger partial charge in [-0.2, -0.15) is 0 Å². The van der Waals surface area contributed by atoms with Gasteiger partial charge in [0.25, 0.3) is 5.91 Å². The number of para-hydroxylation sites is 2. The van der Waals surface area contributed by atoms with Gasteiger partial charge in [-0.25, -0.2) is 9.97 Å². The maximum Gasteiger partial charge on any atom is 0.274 e. The minimum atomic E-state index is -0.325. The Morgan fingerprint density at radius 1 is 0.963 bits per heavy atom. The molecule has 0 spiro atoms. The van der Waals surface area contributed by atoms with Crippen LogP contribution in [-0.2, 0) is 0 Å². The fourth-order valence-electron chi connectivity index (χ4n) is 2.48. The molecule has 0 fully saturated rings. The van der Waals surface area contributed by atoms with Gasteiger partial charge in [-0.15, -0.1) is 0 Å². The molecule has 0 saturated heterocycles. The van der Waals surface area contributed by atoms with Crippen LogP contribution in [0.2, 0.25) is 0 Å². The first-order chi connectivity index (χ1) is 13.1. The van der Waals surface area contributed by atoms with Gasteiger partial charge in [0.15, 0.2) is 0 Å². The van der Waals surface area contributed by atoms with E-state index in [0.717, 1.165) is 0 Å². The summed E-state index contributed by atoms with van der Waals surface area (Å²) in [7, 11) is 3.18. The smallest absolute Gasteiger partial charge is 0.274 e. The van der Waals surface area contributed by atoms with Gasteiger partial charge in [0.1, 0.15) is 17.2 Å². The molecule has 7 heteroatoms. The predicted octanol–water partition coefficient (Wildman–Crippen LogP) is 3.80. The molecule has 0 aliphatic rings. The molecule has 1 heterocycles. The second-order valence-electron chi connectivity index (χ2n) is 5.73. The van der Waals surface area contributed by atoms with E-state index in [2.05, 4.69) is 20.6 Å². The highest BCUT2D eigenvalue weighted by Gasteiger charge is 2.12. The van der Waals surface area contributed by atoms with Crippen molar-refractivity contribution in [3.63, 3.8) is 0 Å². The number of anilines is 3. The normalized spacial score (nSPS) is 10.2. The number of benzene rings is 2. The van der Waals surface area contributed by atoms with E-state index in [1.54, 1.807) is 51.5 Å². The number of rotatable bonds is 6. The summed E-state index contributed by atoms with van der Waals surface area (Å²) in [6.07, 6.45) is 0. The van der Waals surface area contributed by atoms with Crippen molar-refractivity contribution in [3.05, 3.63) is 66.0 Å². The quantitative estimate of drug-likeness (QED) is 0.692. The molecule has 0 atom stereocenters. The molecule has 138 valence electrons. The van der Waals surface area contributed by atoms with Gasteiger partial charge in [0, 0.05) is 11.4 Å². The Bertz CT molecular complexity index is 942. The van der Waals surface area contributed by atoms with Crippen molar-refractivity contribution in [1.29, 1.82) is 0 Å². The molecular weight excluding hydrogens is 344 g/mol. The maximum absolute atomic E-state index is 12.6. The minimum absolute atomic E-state index is 0.260. The third-order valence-corrected chi connectivity index (χ3v) is 3.79. The van der Waals surface area contributed by atoms with Crippen LogP contribution in [0.1, 0.15) is 16.2 Å². The lowest BCUT2D eigenvalue weighted by Gasteiger charge is -2.11. The van der Waals surface area contributed by atoms with Crippen molar-refractivity contribution >= 4 is 23.2 Å². The number of nitrogens with zero attached hydrogens (tertiary/aromatic N) is 2. The zero-order valence-electron chi connectivity index (χ0n) is 15.3. The first-order valence-corrected chi connectivity index (χ1v) is 8.30. The lowest BCUT2D eigenvalue weighted by atomic mass is 10.2. The molecule has 27 heavy (non-hydrogen) atoms. The van der Waals surface area contributed by atoms with Crippen LogP contribution in [0, 0.1) is 6.92 Å². The minimum Gasteiger partial charge on any atom is -0.497 e. The number of aryl methyl sites for hydroxylation is 1. The Balaban J connectivity index is 1.80. The van der Waals surface area contributed by atoms with E-state index in [1.165, 1.54) is 0 Å². The number of methoxy groups -OCH3 is 2. The molecule has 0 bridgehead atoms. The lowest BCUT2D eigenvalue weighted by molar-refractivity contribution is 0.102. The number of aromatic nitrogens is 2. The summed E-state index contributed by atoms with van der Waals surface area (Å²) >= 11 is 0. The summed E-state index contributed by atoms with van der Waals surface area (Å²) in [6, 6.07) is 16.1. The summed E-state index contributed by atoms with van der Waals surface area (Å²) in [5.41, 5.74) is 2.29. The monoisotopic (exact) mass is 364 g/mol. The molecule has 0 radical (unpaired) electrons. The molecule has 3 aromatic rings. The van der Waals surface area contributed by atoms with E-state index in [-0.39, 0.29) is 11.6 Å². The van der Waals surface area contributed by atoms with Crippen LogP contribution in [0.4, 0.5) is 17.3 Å². The first-order valence-electron chi connectivity index (χ1n) is 8.30. The highest BCUT2D eigenvalue weighted by molar-refractivity contribution is 6.03. The van der Waals surface area contributed by atoms with Gasteiger partial charge in [-0.3, -0.25) is 4.79 Å². The zero-order valence-corrected chi connectivity index (χ0v) is 15.3. The van der Waals surface area contributed by atoms with E-state index < -0.39 is 0 Å². The molecule has 7 nitrogen and oxygen atoms in total. The Hall–Kier alpha value is -3.61. The molecule has 1 aromatic heterocycles. The Morgan fingerprint density at radius 2 is 1.70 bits per heavy atom. The van der Waals surface area contributed by atoms with Crippen molar-refractivity contribution in [2.45, 2.75) is 6.92 Å². The highest BCUT2D eigenvalue weighted by atomic mass is 16.5. The number of ether oxygens (including phenoxy) is 2. The number of hydrogen-bond acceptors (Lipinski definition) is 6. The summed E-state index contributed by atoms with van der Waals surface area (Å²) in [5.74, 6) is 1.37. The number of carbonyl (C=O) groups is 1. The van der Waals surface area contributed by atoms with Crippen molar-refractivity contribution < 1.29 is 14.3 Å². The average Bonchev–Trinajstić information content (AvgIpc) is 2.68. The molecule has 3 rings (SSSR count). The maximum atomic E-state index is 12.6. The second-order valence-corrected chi connectivity index (χ2v) is 5.73. The average molecular weight is 364 g/mol. The van der Waals surface area contributed by atoms with Gasteiger partial charge in [-0.05, 0) is 49.4 Å². The van der Waals surface area contributed by atoms with E-state index in [0.29, 0.717) is 34.5 Å². The van der Waals surface area contributed by atoms with Crippen molar-refractivity contribution in [2.24, 2.45) is 0 Å². The lowest BCUT2D eigenvalue weighted by Crippen LogP contribution is -2.15. The third-order valence-electron chi connectivity index (χ3n) is 3.79. The molecule has 2 N–H and O–H groups in total. The predicted molar refractivity (Wildman–Crippen MR) is 104 cm³/mol. The van der Waals surface area contributed by atoms with Crippen molar-refractivity contribution in [2.75, 3.05) is 24.9 Å². The molecule has 0 aliphatic heterocycles. The molecule has 0 aliphatic carbocycles. The number of amides is 1. The van der Waals surface area contributed by atoms with Crippen LogP contribution in [0.25, 0.3) is 0 Å².